The van der Waals surface area contributed by atoms with Crippen molar-refractivity contribution in [2.75, 3.05) is 19.8 Å². The maximum absolute atomic E-state index is 11.5. The molecular weight excluding hydrogens is 250 g/mol. The number of carbonyl (C=O) groups excluding carboxylic acids is 1. The fourth-order valence-corrected chi connectivity index (χ4v) is 1.77. The van der Waals surface area contributed by atoms with Gasteiger partial charge in [-0.15, -0.1) is 0 Å². The molecule has 0 bridgehead atoms. The summed E-state index contributed by atoms with van der Waals surface area (Å²) in [5.74, 6) is -0.683. The number of rotatable bonds is 7. The predicted molar refractivity (Wildman–Crippen MR) is 68.8 cm³/mol. The first kappa shape index (κ1) is 15.3. The topological polar surface area (TPSA) is 110 Å². The second-order valence-electron chi connectivity index (χ2n) is 4.34. The summed E-state index contributed by atoms with van der Waals surface area (Å²) in [5.41, 5.74) is 0.562. The van der Waals surface area contributed by atoms with Crippen LogP contribution in [0.3, 0.4) is 0 Å². The van der Waals surface area contributed by atoms with Gasteiger partial charge in [0.1, 0.15) is 11.5 Å². The van der Waals surface area contributed by atoms with Gasteiger partial charge >= 0.3 is 0 Å². The Kier molecular flexibility index (Phi) is 6.11. The molecule has 5 N–H and O–H groups in total. The molecule has 0 radical (unpaired) electrons. The van der Waals surface area contributed by atoms with Crippen molar-refractivity contribution in [1.82, 2.24) is 5.32 Å². The monoisotopic (exact) mass is 269 g/mol. The van der Waals surface area contributed by atoms with E-state index in [9.17, 15) is 20.1 Å². The van der Waals surface area contributed by atoms with Crippen molar-refractivity contribution in [2.45, 2.75) is 12.8 Å². The average Bonchev–Trinajstić information content (AvgIpc) is 2.38. The van der Waals surface area contributed by atoms with Gasteiger partial charge in [0.15, 0.2) is 0 Å². The Bertz CT molecular complexity index is 421. The van der Waals surface area contributed by atoms with Crippen LogP contribution >= 0.6 is 0 Å². The summed E-state index contributed by atoms with van der Waals surface area (Å²) in [6.07, 6.45) is 0.436. The molecule has 0 aliphatic heterocycles. The highest BCUT2D eigenvalue weighted by molar-refractivity contribution is 5.76. The van der Waals surface area contributed by atoms with Gasteiger partial charge in [-0.25, -0.2) is 0 Å². The zero-order valence-corrected chi connectivity index (χ0v) is 10.5. The molecule has 1 aromatic carbocycles. The number of aliphatic hydroxyl groups is 2. The Labute approximate surface area is 111 Å². The van der Waals surface area contributed by atoms with E-state index in [1.54, 1.807) is 6.07 Å². The lowest BCUT2D eigenvalue weighted by atomic mass is 9.96. The number of hydrogen-bond acceptors (Lipinski definition) is 5. The number of nitrogens with one attached hydrogen (secondary N) is 1. The third kappa shape index (κ3) is 5.15. The van der Waals surface area contributed by atoms with E-state index in [1.165, 1.54) is 12.1 Å². The number of benzene rings is 1. The van der Waals surface area contributed by atoms with Gasteiger partial charge in [-0.05, 0) is 24.0 Å². The van der Waals surface area contributed by atoms with Crippen molar-refractivity contribution in [3.63, 3.8) is 0 Å². The zero-order chi connectivity index (χ0) is 14.3. The fourth-order valence-electron chi connectivity index (χ4n) is 1.77. The lowest BCUT2D eigenvalue weighted by Gasteiger charge is -2.14. The second kappa shape index (κ2) is 7.60. The Morgan fingerprint density at radius 1 is 1.26 bits per heavy atom. The van der Waals surface area contributed by atoms with Crippen LogP contribution in [-0.4, -0.2) is 46.1 Å². The van der Waals surface area contributed by atoms with E-state index in [1.807, 2.05) is 0 Å². The van der Waals surface area contributed by atoms with Crippen molar-refractivity contribution >= 4 is 5.91 Å². The molecule has 1 atom stereocenters. The molecule has 6 nitrogen and oxygen atoms in total. The average molecular weight is 269 g/mol. The summed E-state index contributed by atoms with van der Waals surface area (Å²) >= 11 is 0. The smallest absolute Gasteiger partial charge is 0.220 e. The molecule has 1 amide bonds. The molecule has 6 heteroatoms. The first-order valence-corrected chi connectivity index (χ1v) is 6.06. The molecule has 0 spiro atoms. The third-order valence-electron chi connectivity index (χ3n) is 2.74. The largest absolute Gasteiger partial charge is 0.508 e. The highest BCUT2D eigenvalue weighted by Crippen LogP contribution is 2.25. The van der Waals surface area contributed by atoms with Crippen LogP contribution in [0, 0.1) is 5.92 Å². The first-order valence-electron chi connectivity index (χ1n) is 6.06. The molecule has 0 aromatic heterocycles. The summed E-state index contributed by atoms with van der Waals surface area (Å²) in [7, 11) is 0. The normalized spacial score (nSPS) is 12.1. The van der Waals surface area contributed by atoms with Crippen LogP contribution in [0.4, 0.5) is 0 Å². The molecule has 1 unspecified atom stereocenters. The summed E-state index contributed by atoms with van der Waals surface area (Å²) in [6.45, 7) is -0.136. The van der Waals surface area contributed by atoms with Crippen LogP contribution in [-0.2, 0) is 11.2 Å². The molecule has 0 heterocycles. The van der Waals surface area contributed by atoms with Gasteiger partial charge in [0.25, 0.3) is 0 Å². The van der Waals surface area contributed by atoms with E-state index in [0.29, 0.717) is 12.0 Å². The minimum absolute atomic E-state index is 0.0394. The predicted octanol–water partition coefficient (Wildman–Crippen LogP) is -0.253. The molecule has 106 valence electrons. The van der Waals surface area contributed by atoms with Gasteiger partial charge in [-0.1, -0.05) is 6.07 Å². The molecule has 0 saturated heterocycles. The Morgan fingerprint density at radius 3 is 2.58 bits per heavy atom. The van der Waals surface area contributed by atoms with Crippen molar-refractivity contribution in [2.24, 2.45) is 5.92 Å². The third-order valence-corrected chi connectivity index (χ3v) is 2.74. The quantitative estimate of drug-likeness (QED) is 0.469. The summed E-state index contributed by atoms with van der Waals surface area (Å²) in [5, 5.41) is 39.1. The number of amides is 1. The van der Waals surface area contributed by atoms with Gasteiger partial charge in [-0.3, -0.25) is 4.79 Å². The van der Waals surface area contributed by atoms with Crippen LogP contribution < -0.4 is 5.32 Å². The van der Waals surface area contributed by atoms with Crippen molar-refractivity contribution in [1.29, 1.82) is 0 Å². The lowest BCUT2D eigenvalue weighted by molar-refractivity contribution is -0.122. The van der Waals surface area contributed by atoms with Gasteiger partial charge in [0, 0.05) is 25.6 Å². The summed E-state index contributed by atoms with van der Waals surface area (Å²) in [6, 6.07) is 4.21. The Morgan fingerprint density at radius 2 is 2.00 bits per heavy atom. The van der Waals surface area contributed by atoms with E-state index < -0.39 is 0 Å². The van der Waals surface area contributed by atoms with Crippen LogP contribution in [0.1, 0.15) is 12.0 Å². The maximum Gasteiger partial charge on any atom is 0.220 e. The van der Waals surface area contributed by atoms with E-state index in [0.717, 1.165) is 0 Å². The van der Waals surface area contributed by atoms with Crippen LogP contribution in [0.2, 0.25) is 0 Å². The van der Waals surface area contributed by atoms with E-state index in [2.05, 4.69) is 5.32 Å². The minimum atomic E-state index is -0.325. The minimum Gasteiger partial charge on any atom is -0.508 e. The van der Waals surface area contributed by atoms with Gasteiger partial charge < -0.3 is 25.7 Å². The second-order valence-corrected chi connectivity index (χ2v) is 4.34. The highest BCUT2D eigenvalue weighted by atomic mass is 16.3. The van der Waals surface area contributed by atoms with E-state index in [4.69, 9.17) is 5.11 Å². The van der Waals surface area contributed by atoms with Gasteiger partial charge in [-0.2, -0.15) is 0 Å². The zero-order valence-electron chi connectivity index (χ0n) is 10.5. The molecule has 0 aliphatic carbocycles. The molecule has 0 aliphatic rings. The number of carbonyl (C=O) groups is 1. The highest BCUT2D eigenvalue weighted by Gasteiger charge is 2.15. The SMILES string of the molecule is O=C(CC(CO)Cc1ccc(O)cc1O)NCCO. The van der Waals surface area contributed by atoms with Crippen molar-refractivity contribution in [3.05, 3.63) is 23.8 Å². The standard InChI is InChI=1S/C13H19NO5/c15-4-3-14-13(19)6-9(8-16)5-10-1-2-11(17)7-12(10)18/h1-2,7,9,15-18H,3-6,8H2,(H,14,19). The van der Waals surface area contributed by atoms with Gasteiger partial charge in [0.05, 0.1) is 6.61 Å². The van der Waals surface area contributed by atoms with E-state index in [-0.39, 0.29) is 49.5 Å². The number of aliphatic hydroxyl groups excluding tert-OH is 2. The number of aromatic hydroxyl groups is 2. The van der Waals surface area contributed by atoms with Crippen LogP contribution in [0.5, 0.6) is 11.5 Å². The van der Waals surface area contributed by atoms with Crippen molar-refractivity contribution < 1.29 is 25.2 Å². The van der Waals surface area contributed by atoms with Crippen molar-refractivity contribution in [3.8, 4) is 11.5 Å². The molecule has 1 rings (SSSR count). The maximum atomic E-state index is 11.5. The van der Waals surface area contributed by atoms with Crippen LogP contribution in [0.25, 0.3) is 0 Å². The number of phenolic OH excluding ortho intramolecular Hbond substituents is 2. The molecule has 19 heavy (non-hydrogen) atoms. The molecule has 1 aromatic rings. The molecular formula is C13H19NO5. The number of phenols is 2. The Hall–Kier alpha value is -1.79. The fraction of sp³-hybridized carbons (Fsp3) is 0.462. The summed E-state index contributed by atoms with van der Waals surface area (Å²) in [4.78, 5) is 11.5. The number of hydrogen-bond donors (Lipinski definition) is 5. The summed E-state index contributed by atoms with van der Waals surface area (Å²) < 4.78 is 0. The van der Waals surface area contributed by atoms with Crippen LogP contribution in [0.15, 0.2) is 18.2 Å². The Balaban J connectivity index is 2.58. The van der Waals surface area contributed by atoms with Gasteiger partial charge in [0.2, 0.25) is 5.91 Å². The first-order chi connectivity index (χ1) is 9.06. The van der Waals surface area contributed by atoms with E-state index >= 15 is 0 Å². The lowest BCUT2D eigenvalue weighted by Crippen LogP contribution is -2.29. The molecule has 0 saturated carbocycles. The molecule has 0 fully saturated rings.